The molecule has 24 heavy (non-hydrogen) atoms. The summed E-state index contributed by atoms with van der Waals surface area (Å²) in [5, 5.41) is 14.5. The van der Waals surface area contributed by atoms with Crippen LogP contribution in [-0.4, -0.2) is 34.9 Å². The molecule has 0 heterocycles. The lowest BCUT2D eigenvalue weighted by atomic mass is 10.1. The number of carbonyl (C=O) groups excluding carboxylic acids is 1. The molecule has 3 rings (SSSR count). The molecule has 0 spiro atoms. The number of amides is 1. The number of nitrogens with zero attached hydrogens (tertiary/aromatic N) is 2. The molecular weight excluding hydrogens is 306 g/mol. The first kappa shape index (κ1) is 16.7. The van der Waals surface area contributed by atoms with Gasteiger partial charge in [0, 0.05) is 30.8 Å². The van der Waals surface area contributed by atoms with E-state index in [2.05, 4.69) is 5.32 Å². The standard InChI is InChI=1S/C18H25N3O3/c1-20(15-6-4-2-3-5-7-15)18(22)13-8-11-16(19-14-9-10-14)17(12-13)21(23)24/h8,11-12,14-15,19H,2-7,9-10H2,1H3. The van der Waals surface area contributed by atoms with Crippen molar-refractivity contribution in [2.45, 2.75) is 63.5 Å². The van der Waals surface area contributed by atoms with Crippen molar-refractivity contribution in [2.24, 2.45) is 0 Å². The molecule has 2 saturated carbocycles. The van der Waals surface area contributed by atoms with Crippen molar-refractivity contribution in [1.29, 1.82) is 0 Å². The normalized spacial score (nSPS) is 18.7. The molecule has 2 aliphatic rings. The molecule has 2 aliphatic carbocycles. The van der Waals surface area contributed by atoms with Gasteiger partial charge < -0.3 is 10.2 Å². The monoisotopic (exact) mass is 331 g/mol. The molecule has 0 bridgehead atoms. The molecule has 1 N–H and O–H groups in total. The molecule has 2 fully saturated rings. The first-order valence-corrected chi connectivity index (χ1v) is 8.88. The molecule has 0 aromatic heterocycles. The highest BCUT2D eigenvalue weighted by Crippen LogP contribution is 2.32. The highest BCUT2D eigenvalue weighted by Gasteiger charge is 2.27. The second-order valence-corrected chi connectivity index (χ2v) is 6.97. The maximum absolute atomic E-state index is 12.8. The molecule has 0 atom stereocenters. The van der Waals surface area contributed by atoms with E-state index < -0.39 is 4.92 Å². The number of anilines is 1. The zero-order chi connectivity index (χ0) is 17.1. The number of benzene rings is 1. The minimum atomic E-state index is -0.410. The molecule has 0 saturated heterocycles. The van der Waals surface area contributed by atoms with Gasteiger partial charge in [-0.15, -0.1) is 0 Å². The number of nitro benzene ring substituents is 1. The van der Waals surface area contributed by atoms with Crippen LogP contribution in [0.4, 0.5) is 11.4 Å². The molecule has 0 unspecified atom stereocenters. The van der Waals surface area contributed by atoms with Crippen molar-refractivity contribution in [2.75, 3.05) is 12.4 Å². The van der Waals surface area contributed by atoms with Gasteiger partial charge in [0.05, 0.1) is 4.92 Å². The maximum Gasteiger partial charge on any atom is 0.293 e. The van der Waals surface area contributed by atoms with Crippen LogP contribution in [-0.2, 0) is 0 Å². The third-order valence-electron chi connectivity index (χ3n) is 5.07. The second kappa shape index (κ2) is 7.20. The minimum Gasteiger partial charge on any atom is -0.377 e. The summed E-state index contributed by atoms with van der Waals surface area (Å²) in [6, 6.07) is 5.36. The van der Waals surface area contributed by atoms with Crippen LogP contribution >= 0.6 is 0 Å². The van der Waals surface area contributed by atoms with Gasteiger partial charge in [0.2, 0.25) is 0 Å². The van der Waals surface area contributed by atoms with Gasteiger partial charge in [-0.2, -0.15) is 0 Å². The van der Waals surface area contributed by atoms with E-state index >= 15 is 0 Å². The first-order valence-electron chi connectivity index (χ1n) is 8.88. The van der Waals surface area contributed by atoms with Crippen LogP contribution in [0.2, 0.25) is 0 Å². The second-order valence-electron chi connectivity index (χ2n) is 6.97. The van der Waals surface area contributed by atoms with Crippen LogP contribution in [0.15, 0.2) is 18.2 Å². The van der Waals surface area contributed by atoms with E-state index in [0.29, 0.717) is 17.3 Å². The van der Waals surface area contributed by atoms with Crippen LogP contribution < -0.4 is 5.32 Å². The largest absolute Gasteiger partial charge is 0.377 e. The lowest BCUT2D eigenvalue weighted by Crippen LogP contribution is -2.36. The molecule has 0 aliphatic heterocycles. The zero-order valence-corrected chi connectivity index (χ0v) is 14.2. The summed E-state index contributed by atoms with van der Waals surface area (Å²) >= 11 is 0. The van der Waals surface area contributed by atoms with E-state index in [1.807, 2.05) is 7.05 Å². The minimum absolute atomic E-state index is 0.0120. The molecular formula is C18H25N3O3. The molecule has 6 heteroatoms. The predicted molar refractivity (Wildman–Crippen MR) is 93.3 cm³/mol. The number of hydrogen-bond acceptors (Lipinski definition) is 4. The van der Waals surface area contributed by atoms with Gasteiger partial charge in [-0.1, -0.05) is 25.7 Å². The fourth-order valence-electron chi connectivity index (χ4n) is 3.40. The van der Waals surface area contributed by atoms with Gasteiger partial charge in [0.1, 0.15) is 5.69 Å². The highest BCUT2D eigenvalue weighted by atomic mass is 16.6. The lowest BCUT2D eigenvalue weighted by molar-refractivity contribution is -0.384. The average Bonchev–Trinajstić information content (AvgIpc) is 3.40. The number of carbonyl (C=O) groups is 1. The summed E-state index contributed by atoms with van der Waals surface area (Å²) < 4.78 is 0. The molecule has 1 aromatic rings. The molecule has 0 radical (unpaired) electrons. The smallest absolute Gasteiger partial charge is 0.293 e. The van der Waals surface area contributed by atoms with Gasteiger partial charge in [0.25, 0.3) is 11.6 Å². The summed E-state index contributed by atoms with van der Waals surface area (Å²) in [5.74, 6) is -0.122. The zero-order valence-electron chi connectivity index (χ0n) is 14.2. The molecule has 130 valence electrons. The Balaban J connectivity index is 1.78. The quantitative estimate of drug-likeness (QED) is 0.503. The molecule has 1 amide bonds. The summed E-state index contributed by atoms with van der Waals surface area (Å²) in [4.78, 5) is 25.5. The first-order chi connectivity index (χ1) is 11.6. The van der Waals surface area contributed by atoms with Crippen molar-refractivity contribution < 1.29 is 9.72 Å². The van der Waals surface area contributed by atoms with Gasteiger partial charge in [-0.3, -0.25) is 14.9 Å². The van der Waals surface area contributed by atoms with Crippen molar-refractivity contribution in [3.8, 4) is 0 Å². The van der Waals surface area contributed by atoms with Crippen molar-refractivity contribution >= 4 is 17.3 Å². The predicted octanol–water partition coefficient (Wildman–Crippen LogP) is 3.96. The Kier molecular flexibility index (Phi) is 5.02. The summed E-state index contributed by atoms with van der Waals surface area (Å²) in [6.07, 6.45) is 8.87. The van der Waals surface area contributed by atoms with Gasteiger partial charge >= 0.3 is 0 Å². The highest BCUT2D eigenvalue weighted by molar-refractivity contribution is 5.95. The Labute approximate surface area is 142 Å². The Morgan fingerprint density at radius 1 is 1.17 bits per heavy atom. The number of rotatable bonds is 5. The summed E-state index contributed by atoms with van der Waals surface area (Å²) in [7, 11) is 1.82. The van der Waals surface area contributed by atoms with E-state index in [9.17, 15) is 14.9 Å². The Bertz CT molecular complexity index is 620. The Hall–Kier alpha value is -2.11. The summed E-state index contributed by atoms with van der Waals surface area (Å²) in [6.45, 7) is 0. The van der Waals surface area contributed by atoms with Crippen LogP contribution in [0, 0.1) is 10.1 Å². The van der Waals surface area contributed by atoms with Crippen molar-refractivity contribution in [3.63, 3.8) is 0 Å². The number of nitrogens with one attached hydrogen (secondary N) is 1. The van der Waals surface area contributed by atoms with Crippen LogP contribution in [0.1, 0.15) is 61.7 Å². The van der Waals surface area contributed by atoms with Crippen molar-refractivity contribution in [1.82, 2.24) is 4.90 Å². The van der Waals surface area contributed by atoms with Gasteiger partial charge in [-0.25, -0.2) is 0 Å². The molecule has 1 aromatic carbocycles. The fourth-order valence-corrected chi connectivity index (χ4v) is 3.40. The van der Waals surface area contributed by atoms with E-state index in [4.69, 9.17) is 0 Å². The van der Waals surface area contributed by atoms with Crippen LogP contribution in [0.5, 0.6) is 0 Å². The van der Waals surface area contributed by atoms with Gasteiger partial charge in [-0.05, 0) is 37.8 Å². The Morgan fingerprint density at radius 3 is 2.42 bits per heavy atom. The van der Waals surface area contributed by atoms with E-state index in [-0.39, 0.29) is 17.6 Å². The topological polar surface area (TPSA) is 75.5 Å². The Morgan fingerprint density at radius 2 is 1.83 bits per heavy atom. The van der Waals surface area contributed by atoms with E-state index in [1.165, 1.54) is 18.9 Å². The van der Waals surface area contributed by atoms with E-state index in [0.717, 1.165) is 38.5 Å². The SMILES string of the molecule is CN(C(=O)c1ccc(NC2CC2)c([N+](=O)[O-])c1)C1CCCCCC1. The fraction of sp³-hybridized carbons (Fsp3) is 0.611. The average molecular weight is 331 g/mol. The van der Waals surface area contributed by atoms with Crippen LogP contribution in [0.3, 0.4) is 0 Å². The molecule has 6 nitrogen and oxygen atoms in total. The number of hydrogen-bond donors (Lipinski definition) is 1. The maximum atomic E-state index is 12.8. The summed E-state index contributed by atoms with van der Waals surface area (Å²) in [5.41, 5.74) is 0.896. The van der Waals surface area contributed by atoms with Gasteiger partial charge in [0.15, 0.2) is 0 Å². The lowest BCUT2D eigenvalue weighted by Gasteiger charge is -2.27. The third kappa shape index (κ3) is 3.86. The van der Waals surface area contributed by atoms with Crippen molar-refractivity contribution in [3.05, 3.63) is 33.9 Å². The van der Waals surface area contributed by atoms with Crippen LogP contribution in [0.25, 0.3) is 0 Å². The number of nitro groups is 1. The third-order valence-corrected chi connectivity index (χ3v) is 5.07. The van der Waals surface area contributed by atoms with E-state index in [1.54, 1.807) is 17.0 Å².